The van der Waals surface area contributed by atoms with Crippen molar-refractivity contribution in [2.45, 2.75) is 51.5 Å². The Kier molecular flexibility index (Phi) is 5.31. The largest absolute Gasteiger partial charge is 0.481 e. The molecular weight excluding hydrogens is 268 g/mol. The highest BCUT2D eigenvalue weighted by atomic mass is 16.4. The van der Waals surface area contributed by atoms with Crippen molar-refractivity contribution < 1.29 is 14.7 Å². The summed E-state index contributed by atoms with van der Waals surface area (Å²) in [6.45, 7) is 2.68. The second-order valence-corrected chi connectivity index (χ2v) is 5.61. The van der Waals surface area contributed by atoms with E-state index in [0.29, 0.717) is 12.8 Å². The Morgan fingerprint density at radius 2 is 2.24 bits per heavy atom. The number of nitrogens with zero attached hydrogens (tertiary/aromatic N) is 2. The summed E-state index contributed by atoms with van der Waals surface area (Å²) in [5, 5.41) is 8.83. The van der Waals surface area contributed by atoms with Crippen molar-refractivity contribution >= 4 is 11.9 Å². The van der Waals surface area contributed by atoms with Gasteiger partial charge in [0.15, 0.2) is 0 Å². The topological polar surface area (TPSA) is 70.5 Å². The van der Waals surface area contributed by atoms with Crippen LogP contribution in [0, 0.1) is 6.92 Å². The highest BCUT2D eigenvalue weighted by Crippen LogP contribution is 2.22. The van der Waals surface area contributed by atoms with Crippen LogP contribution in [0.2, 0.25) is 0 Å². The zero-order chi connectivity index (χ0) is 15.2. The molecule has 2 heterocycles. The van der Waals surface area contributed by atoms with Crippen LogP contribution < -0.4 is 0 Å². The van der Waals surface area contributed by atoms with Crippen LogP contribution in [-0.2, 0) is 16.0 Å². The lowest BCUT2D eigenvalue weighted by molar-refractivity contribution is -0.139. The van der Waals surface area contributed by atoms with Crippen molar-refractivity contribution in [1.82, 2.24) is 9.88 Å². The van der Waals surface area contributed by atoms with Gasteiger partial charge < -0.3 is 10.0 Å². The van der Waals surface area contributed by atoms with Crippen LogP contribution in [0.4, 0.5) is 0 Å². The van der Waals surface area contributed by atoms with Crippen LogP contribution in [0.3, 0.4) is 0 Å². The summed E-state index contributed by atoms with van der Waals surface area (Å²) in [6.07, 6.45) is 5.64. The lowest BCUT2D eigenvalue weighted by Crippen LogP contribution is -2.44. The first-order chi connectivity index (χ1) is 10.1. The van der Waals surface area contributed by atoms with Gasteiger partial charge in [-0.25, -0.2) is 0 Å². The molecule has 1 aliphatic rings. The molecule has 21 heavy (non-hydrogen) atoms. The Bertz CT molecular complexity index is 516. The van der Waals surface area contributed by atoms with Crippen LogP contribution in [-0.4, -0.2) is 39.5 Å². The fraction of sp³-hybridized carbons (Fsp3) is 0.562. The number of carboxylic acids is 1. The van der Waals surface area contributed by atoms with Crippen LogP contribution in [0.25, 0.3) is 0 Å². The van der Waals surface area contributed by atoms with E-state index in [0.717, 1.165) is 37.1 Å². The number of hydrogen-bond acceptors (Lipinski definition) is 3. The lowest BCUT2D eigenvalue weighted by Gasteiger charge is -2.35. The van der Waals surface area contributed by atoms with Crippen LogP contribution in [0.1, 0.15) is 43.4 Å². The average molecular weight is 290 g/mol. The van der Waals surface area contributed by atoms with Gasteiger partial charge in [-0.15, -0.1) is 0 Å². The van der Waals surface area contributed by atoms with E-state index in [1.54, 1.807) is 6.20 Å². The van der Waals surface area contributed by atoms with E-state index in [2.05, 4.69) is 4.98 Å². The van der Waals surface area contributed by atoms with Crippen LogP contribution in [0.5, 0.6) is 0 Å². The summed E-state index contributed by atoms with van der Waals surface area (Å²) in [6, 6.07) is 3.87. The molecule has 1 N–H and O–H groups in total. The molecule has 1 aromatic rings. The van der Waals surface area contributed by atoms with Gasteiger partial charge in [0.05, 0.1) is 12.1 Å². The third-order valence-corrected chi connectivity index (χ3v) is 4.08. The maximum absolute atomic E-state index is 12.5. The van der Waals surface area contributed by atoms with Crippen molar-refractivity contribution in [1.29, 1.82) is 0 Å². The van der Waals surface area contributed by atoms with Crippen molar-refractivity contribution in [3.05, 3.63) is 29.6 Å². The van der Waals surface area contributed by atoms with Gasteiger partial charge in [0, 0.05) is 25.2 Å². The molecule has 0 bridgehead atoms. The van der Waals surface area contributed by atoms with Gasteiger partial charge in [0.25, 0.3) is 0 Å². The summed E-state index contributed by atoms with van der Waals surface area (Å²) in [7, 11) is 0. The highest BCUT2D eigenvalue weighted by Gasteiger charge is 2.27. The number of piperidine rings is 1. The second kappa shape index (κ2) is 7.20. The van der Waals surface area contributed by atoms with E-state index in [-0.39, 0.29) is 18.4 Å². The molecule has 1 fully saturated rings. The zero-order valence-corrected chi connectivity index (χ0v) is 12.4. The molecule has 0 radical (unpaired) electrons. The van der Waals surface area contributed by atoms with Crippen molar-refractivity contribution in [3.8, 4) is 0 Å². The summed E-state index contributed by atoms with van der Waals surface area (Å²) in [5.41, 5.74) is 1.83. The Morgan fingerprint density at radius 3 is 2.95 bits per heavy atom. The molecule has 1 atom stereocenters. The first-order valence-electron chi connectivity index (χ1n) is 7.49. The third-order valence-electron chi connectivity index (χ3n) is 4.08. The predicted molar refractivity (Wildman–Crippen MR) is 78.9 cm³/mol. The third kappa shape index (κ3) is 4.28. The van der Waals surface area contributed by atoms with Crippen molar-refractivity contribution in [3.63, 3.8) is 0 Å². The Hall–Kier alpha value is -1.91. The standard InChI is InChI=1S/C16H22N2O3/c1-12-5-4-9-17-14(12)11-15(19)18-10-3-2-6-13(18)7-8-16(20)21/h4-5,9,13H,2-3,6-8,10-11H2,1H3,(H,20,21). The summed E-state index contributed by atoms with van der Waals surface area (Å²) in [4.78, 5) is 29.4. The highest BCUT2D eigenvalue weighted by molar-refractivity contribution is 5.79. The van der Waals surface area contributed by atoms with Gasteiger partial charge in [0.2, 0.25) is 5.91 Å². The molecule has 1 unspecified atom stereocenters. The molecule has 1 aliphatic heterocycles. The molecule has 5 heteroatoms. The number of carboxylic acid groups (broad SMARTS) is 1. The number of aliphatic carboxylic acids is 1. The number of rotatable bonds is 5. The number of aromatic nitrogens is 1. The predicted octanol–water partition coefficient (Wildman–Crippen LogP) is 2.18. The normalized spacial score (nSPS) is 18.5. The smallest absolute Gasteiger partial charge is 0.303 e. The molecule has 1 aromatic heterocycles. The minimum absolute atomic E-state index is 0.0615. The number of carbonyl (C=O) groups is 2. The van der Waals surface area contributed by atoms with E-state index in [9.17, 15) is 9.59 Å². The monoisotopic (exact) mass is 290 g/mol. The molecule has 0 aromatic carbocycles. The molecule has 0 spiro atoms. The molecular formula is C16H22N2O3. The molecule has 0 aliphatic carbocycles. The summed E-state index contributed by atoms with van der Waals surface area (Å²) < 4.78 is 0. The fourth-order valence-corrected chi connectivity index (χ4v) is 2.87. The van der Waals surface area contributed by atoms with Gasteiger partial charge in [-0.05, 0) is 44.2 Å². The SMILES string of the molecule is Cc1cccnc1CC(=O)N1CCCCC1CCC(=O)O. The first kappa shape index (κ1) is 15.5. The number of carbonyl (C=O) groups excluding carboxylic acids is 1. The number of hydrogen-bond donors (Lipinski definition) is 1. The van der Waals surface area contributed by atoms with Crippen LogP contribution in [0.15, 0.2) is 18.3 Å². The first-order valence-corrected chi connectivity index (χ1v) is 7.49. The Morgan fingerprint density at radius 1 is 1.43 bits per heavy atom. The molecule has 114 valence electrons. The molecule has 0 saturated carbocycles. The Labute approximate surface area is 125 Å². The van der Waals surface area contributed by atoms with Crippen molar-refractivity contribution in [2.75, 3.05) is 6.54 Å². The number of amides is 1. The molecule has 5 nitrogen and oxygen atoms in total. The van der Waals surface area contributed by atoms with Crippen LogP contribution >= 0.6 is 0 Å². The van der Waals surface area contributed by atoms with E-state index >= 15 is 0 Å². The zero-order valence-electron chi connectivity index (χ0n) is 12.4. The van der Waals surface area contributed by atoms with Gasteiger partial charge in [0.1, 0.15) is 0 Å². The van der Waals surface area contributed by atoms with E-state index in [1.807, 2.05) is 24.0 Å². The van der Waals surface area contributed by atoms with Gasteiger partial charge >= 0.3 is 5.97 Å². The maximum atomic E-state index is 12.5. The number of pyridine rings is 1. The Balaban J connectivity index is 2.01. The number of aryl methyl sites for hydroxylation is 1. The van der Waals surface area contributed by atoms with E-state index < -0.39 is 5.97 Å². The summed E-state index contributed by atoms with van der Waals surface area (Å²) in [5.74, 6) is -0.736. The molecule has 2 rings (SSSR count). The number of likely N-dealkylation sites (tertiary alicyclic amines) is 1. The minimum Gasteiger partial charge on any atom is -0.481 e. The molecule has 1 amide bonds. The fourth-order valence-electron chi connectivity index (χ4n) is 2.87. The van der Waals surface area contributed by atoms with Gasteiger partial charge in [-0.2, -0.15) is 0 Å². The molecule has 1 saturated heterocycles. The summed E-state index contributed by atoms with van der Waals surface area (Å²) >= 11 is 0. The lowest BCUT2D eigenvalue weighted by atomic mass is 9.97. The van der Waals surface area contributed by atoms with Gasteiger partial charge in [-0.1, -0.05) is 6.07 Å². The minimum atomic E-state index is -0.798. The average Bonchev–Trinajstić information content (AvgIpc) is 2.47. The van der Waals surface area contributed by atoms with E-state index in [4.69, 9.17) is 5.11 Å². The van der Waals surface area contributed by atoms with Crippen molar-refractivity contribution in [2.24, 2.45) is 0 Å². The van der Waals surface area contributed by atoms with E-state index in [1.165, 1.54) is 0 Å². The maximum Gasteiger partial charge on any atom is 0.303 e. The van der Waals surface area contributed by atoms with Gasteiger partial charge in [-0.3, -0.25) is 14.6 Å². The second-order valence-electron chi connectivity index (χ2n) is 5.61. The quantitative estimate of drug-likeness (QED) is 0.902.